The molecular formula is C29H29ClN4. The average molecular weight is 469 g/mol. The molecule has 0 spiro atoms. The summed E-state index contributed by atoms with van der Waals surface area (Å²) in [5.41, 5.74) is 4.25. The fraction of sp³-hybridized carbons (Fsp3) is 0.241. The molecule has 4 atom stereocenters. The Labute approximate surface area is 206 Å². The Hall–Kier alpha value is -3.39. The molecule has 2 unspecified atom stereocenters. The number of nitriles is 1. The van der Waals surface area contributed by atoms with Crippen LogP contribution in [0, 0.1) is 11.3 Å². The van der Waals surface area contributed by atoms with E-state index in [0.717, 1.165) is 17.0 Å². The topological polar surface area (TPSA) is 53.6 Å². The van der Waals surface area contributed by atoms with Gasteiger partial charge in [0.25, 0.3) is 0 Å². The molecule has 0 saturated carbocycles. The molecular weight excluding hydrogens is 440 g/mol. The van der Waals surface area contributed by atoms with E-state index in [1.165, 1.54) is 11.1 Å². The van der Waals surface area contributed by atoms with E-state index in [2.05, 4.69) is 72.8 Å². The lowest BCUT2D eigenvalue weighted by Gasteiger charge is -2.33. The molecule has 1 heterocycles. The van der Waals surface area contributed by atoms with Crippen LogP contribution < -0.4 is 5.32 Å². The van der Waals surface area contributed by atoms with Crippen molar-refractivity contribution in [2.45, 2.75) is 44.3 Å². The Bertz CT molecular complexity index is 1210. The van der Waals surface area contributed by atoms with Crippen molar-refractivity contribution in [2.24, 2.45) is 0 Å². The van der Waals surface area contributed by atoms with Gasteiger partial charge in [-0.2, -0.15) is 10.4 Å². The predicted molar refractivity (Wildman–Crippen MR) is 138 cm³/mol. The first-order valence-corrected chi connectivity index (χ1v) is 12.0. The maximum atomic E-state index is 9.49. The summed E-state index contributed by atoms with van der Waals surface area (Å²) in [6.45, 7) is 4.42. The number of halogens is 1. The first kappa shape index (κ1) is 23.8. The molecule has 5 heteroatoms. The number of nitrogens with zero attached hydrogens (tertiary/aromatic N) is 3. The van der Waals surface area contributed by atoms with Crippen molar-refractivity contribution in [1.82, 2.24) is 15.1 Å². The standard InChI is InChI=1S/C29H29ClN4/c1-21(33-29(25-9-4-3-5-10-25)22(2)34-17-7-16-32-34)28(19-23-12-14-27(30)15-13-23)26-11-6-8-24(18-26)20-31/h3-18,21-22,28-29,33H,19H2,1-2H3/t21-,22?,28+,29?/m0/s1. The first-order valence-electron chi connectivity index (χ1n) is 11.6. The number of rotatable bonds is 9. The van der Waals surface area contributed by atoms with Crippen molar-refractivity contribution < 1.29 is 0 Å². The smallest absolute Gasteiger partial charge is 0.0991 e. The van der Waals surface area contributed by atoms with E-state index in [-0.39, 0.29) is 24.0 Å². The molecule has 172 valence electrons. The number of hydrogen-bond acceptors (Lipinski definition) is 3. The van der Waals surface area contributed by atoms with Crippen molar-refractivity contribution >= 4 is 11.6 Å². The Morgan fingerprint density at radius 3 is 2.35 bits per heavy atom. The fourth-order valence-corrected chi connectivity index (χ4v) is 4.67. The van der Waals surface area contributed by atoms with Gasteiger partial charge >= 0.3 is 0 Å². The van der Waals surface area contributed by atoms with Gasteiger partial charge in [-0.05, 0) is 67.3 Å². The highest BCUT2D eigenvalue weighted by atomic mass is 35.5. The van der Waals surface area contributed by atoms with Gasteiger partial charge in [0.2, 0.25) is 0 Å². The molecule has 4 nitrogen and oxygen atoms in total. The van der Waals surface area contributed by atoms with E-state index in [4.69, 9.17) is 11.6 Å². The van der Waals surface area contributed by atoms with Crippen LogP contribution in [0.5, 0.6) is 0 Å². The Morgan fingerprint density at radius 1 is 0.941 bits per heavy atom. The lowest BCUT2D eigenvalue weighted by molar-refractivity contribution is 0.307. The molecule has 0 saturated heterocycles. The van der Waals surface area contributed by atoms with Crippen LogP contribution >= 0.6 is 11.6 Å². The summed E-state index contributed by atoms with van der Waals surface area (Å²) in [6, 6.07) is 31.0. The molecule has 1 N–H and O–H groups in total. The van der Waals surface area contributed by atoms with Crippen molar-refractivity contribution in [3.05, 3.63) is 125 Å². The molecule has 1 aromatic heterocycles. The molecule has 0 amide bonds. The lowest BCUT2D eigenvalue weighted by Crippen LogP contribution is -2.39. The molecule has 3 aromatic carbocycles. The summed E-state index contributed by atoms with van der Waals surface area (Å²) in [5, 5.41) is 18.6. The largest absolute Gasteiger partial charge is 0.305 e. The molecule has 0 aliphatic rings. The van der Waals surface area contributed by atoms with Gasteiger partial charge in [-0.1, -0.05) is 66.2 Å². The number of hydrogen-bond donors (Lipinski definition) is 1. The SMILES string of the molecule is CC(C(N[C@@H](C)[C@@H](Cc1ccc(Cl)cc1)c1cccc(C#N)c1)c1ccccc1)n1cccn1. The van der Waals surface area contributed by atoms with Crippen molar-refractivity contribution in [1.29, 1.82) is 5.26 Å². The lowest BCUT2D eigenvalue weighted by atomic mass is 9.85. The summed E-state index contributed by atoms with van der Waals surface area (Å²) in [6.07, 6.45) is 4.66. The number of nitrogens with one attached hydrogen (secondary N) is 1. The quantitative estimate of drug-likeness (QED) is 0.297. The Balaban J connectivity index is 1.67. The second kappa shape index (κ2) is 11.2. The minimum absolute atomic E-state index is 0.0583. The molecule has 34 heavy (non-hydrogen) atoms. The highest BCUT2D eigenvalue weighted by Gasteiger charge is 2.27. The number of benzene rings is 3. The highest BCUT2D eigenvalue weighted by Crippen LogP contribution is 2.31. The minimum Gasteiger partial charge on any atom is -0.305 e. The van der Waals surface area contributed by atoms with Crippen LogP contribution in [0.25, 0.3) is 0 Å². The normalized spacial score (nSPS) is 14.6. The average Bonchev–Trinajstić information content (AvgIpc) is 3.42. The zero-order valence-electron chi connectivity index (χ0n) is 19.5. The molecule has 0 radical (unpaired) electrons. The third-order valence-electron chi connectivity index (χ3n) is 6.44. The van der Waals surface area contributed by atoms with E-state index < -0.39 is 0 Å². The van der Waals surface area contributed by atoms with Crippen molar-refractivity contribution in [3.8, 4) is 6.07 Å². The van der Waals surface area contributed by atoms with Gasteiger partial charge in [0.15, 0.2) is 0 Å². The van der Waals surface area contributed by atoms with Crippen LogP contribution in [-0.4, -0.2) is 15.8 Å². The first-order chi connectivity index (χ1) is 16.5. The molecule has 0 bridgehead atoms. The second-order valence-electron chi connectivity index (χ2n) is 8.74. The zero-order valence-corrected chi connectivity index (χ0v) is 20.2. The van der Waals surface area contributed by atoms with E-state index >= 15 is 0 Å². The van der Waals surface area contributed by atoms with E-state index in [1.54, 1.807) is 0 Å². The van der Waals surface area contributed by atoms with Crippen LogP contribution in [-0.2, 0) is 6.42 Å². The van der Waals surface area contributed by atoms with Crippen LogP contribution in [0.1, 0.15) is 54.1 Å². The summed E-state index contributed by atoms with van der Waals surface area (Å²) >= 11 is 6.13. The van der Waals surface area contributed by atoms with Gasteiger partial charge in [0.1, 0.15) is 0 Å². The molecule has 4 rings (SSSR count). The van der Waals surface area contributed by atoms with Gasteiger partial charge < -0.3 is 5.32 Å². The monoisotopic (exact) mass is 468 g/mol. The molecule has 4 aromatic rings. The van der Waals surface area contributed by atoms with Crippen LogP contribution in [0.3, 0.4) is 0 Å². The van der Waals surface area contributed by atoms with Gasteiger partial charge in [-0.15, -0.1) is 0 Å². The summed E-state index contributed by atoms with van der Waals surface area (Å²) in [4.78, 5) is 0. The van der Waals surface area contributed by atoms with E-state index in [9.17, 15) is 5.26 Å². The third-order valence-corrected chi connectivity index (χ3v) is 6.69. The van der Waals surface area contributed by atoms with Crippen LogP contribution in [0.2, 0.25) is 5.02 Å². The molecule has 0 aliphatic carbocycles. The second-order valence-corrected chi connectivity index (χ2v) is 9.18. The van der Waals surface area contributed by atoms with Gasteiger partial charge in [0.05, 0.1) is 23.7 Å². The Morgan fingerprint density at radius 2 is 1.68 bits per heavy atom. The van der Waals surface area contributed by atoms with Gasteiger partial charge in [0, 0.05) is 29.4 Å². The summed E-state index contributed by atoms with van der Waals surface area (Å²) < 4.78 is 2.00. The minimum atomic E-state index is 0.0583. The Kier molecular flexibility index (Phi) is 7.80. The highest BCUT2D eigenvalue weighted by molar-refractivity contribution is 6.30. The fourth-order valence-electron chi connectivity index (χ4n) is 4.54. The summed E-state index contributed by atoms with van der Waals surface area (Å²) in [7, 11) is 0. The van der Waals surface area contributed by atoms with Gasteiger partial charge in [-0.25, -0.2) is 0 Å². The molecule has 0 aliphatic heterocycles. The third kappa shape index (κ3) is 5.75. The van der Waals surface area contributed by atoms with E-state index in [0.29, 0.717) is 5.56 Å². The van der Waals surface area contributed by atoms with Crippen LogP contribution in [0.15, 0.2) is 97.3 Å². The predicted octanol–water partition coefficient (Wildman–Crippen LogP) is 6.72. The van der Waals surface area contributed by atoms with Crippen molar-refractivity contribution in [3.63, 3.8) is 0 Å². The van der Waals surface area contributed by atoms with E-state index in [1.807, 2.05) is 59.5 Å². The number of aromatic nitrogens is 2. The van der Waals surface area contributed by atoms with Crippen LogP contribution in [0.4, 0.5) is 0 Å². The summed E-state index contributed by atoms with van der Waals surface area (Å²) in [5.74, 6) is 0.158. The molecule has 0 fully saturated rings. The maximum Gasteiger partial charge on any atom is 0.0991 e. The van der Waals surface area contributed by atoms with Crippen molar-refractivity contribution in [2.75, 3.05) is 0 Å². The maximum absolute atomic E-state index is 9.49. The zero-order chi connectivity index (χ0) is 23.9. The van der Waals surface area contributed by atoms with Gasteiger partial charge in [-0.3, -0.25) is 4.68 Å².